The van der Waals surface area contributed by atoms with Gasteiger partial charge in [0.05, 0.1) is 5.69 Å². The number of aromatic hydroxyl groups is 1. The van der Waals surface area contributed by atoms with Crippen LogP contribution in [-0.2, 0) is 26.2 Å². The van der Waals surface area contributed by atoms with Crippen molar-refractivity contribution in [3.63, 3.8) is 0 Å². The van der Waals surface area contributed by atoms with Crippen molar-refractivity contribution in [3.8, 4) is 5.75 Å². The fraction of sp³-hybridized carbons (Fsp3) is 0.385. The standard InChI is InChI=1S/C13H15N3O5S/c17-11-6-8(5-9-2-4-12(18)14-9)1-3-10(11)16-7-13(19)15-22(16,20)21/h1,3,6,9,17H,2,4-5,7H2,(H,14,18)(H,15,19). The Kier molecular flexibility index (Phi) is 3.44. The molecule has 2 saturated heterocycles. The number of hydrogen-bond acceptors (Lipinski definition) is 5. The van der Waals surface area contributed by atoms with E-state index in [1.807, 2.05) is 4.72 Å². The lowest BCUT2D eigenvalue weighted by Gasteiger charge is -2.17. The monoisotopic (exact) mass is 325 g/mol. The molecule has 3 N–H and O–H groups in total. The minimum absolute atomic E-state index is 0.0126. The third kappa shape index (κ3) is 2.71. The third-order valence-corrected chi connectivity index (χ3v) is 5.09. The highest BCUT2D eigenvalue weighted by atomic mass is 32.2. The van der Waals surface area contributed by atoms with Gasteiger partial charge >= 0.3 is 10.2 Å². The van der Waals surface area contributed by atoms with Crippen molar-refractivity contribution in [3.05, 3.63) is 23.8 Å². The van der Waals surface area contributed by atoms with Gasteiger partial charge in [-0.2, -0.15) is 8.42 Å². The molecule has 2 aliphatic rings. The van der Waals surface area contributed by atoms with Crippen LogP contribution in [0.3, 0.4) is 0 Å². The Labute approximate surface area is 127 Å². The summed E-state index contributed by atoms with van der Waals surface area (Å²) in [6.45, 7) is -0.353. The highest BCUT2D eigenvalue weighted by Gasteiger charge is 2.35. The van der Waals surface area contributed by atoms with Crippen LogP contribution < -0.4 is 14.3 Å². The molecule has 0 bridgehead atoms. The molecule has 2 amide bonds. The van der Waals surface area contributed by atoms with Gasteiger partial charge in [0, 0.05) is 12.5 Å². The first-order chi connectivity index (χ1) is 10.3. The predicted molar refractivity (Wildman–Crippen MR) is 77.4 cm³/mol. The van der Waals surface area contributed by atoms with E-state index in [1.165, 1.54) is 12.1 Å². The van der Waals surface area contributed by atoms with Crippen LogP contribution in [0.25, 0.3) is 0 Å². The number of hydrogen-bond donors (Lipinski definition) is 3. The van der Waals surface area contributed by atoms with Gasteiger partial charge in [-0.15, -0.1) is 0 Å². The Bertz CT molecular complexity index is 746. The molecule has 1 unspecified atom stereocenters. The number of rotatable bonds is 3. The summed E-state index contributed by atoms with van der Waals surface area (Å²) < 4.78 is 26.2. The average molecular weight is 325 g/mol. The van der Waals surface area contributed by atoms with Gasteiger partial charge in [-0.25, -0.2) is 9.03 Å². The highest BCUT2D eigenvalue weighted by molar-refractivity contribution is 7.92. The Hall–Kier alpha value is -2.29. The fourth-order valence-electron chi connectivity index (χ4n) is 2.68. The maximum atomic E-state index is 11.8. The van der Waals surface area contributed by atoms with E-state index in [-0.39, 0.29) is 29.9 Å². The lowest BCUT2D eigenvalue weighted by Crippen LogP contribution is -2.29. The first-order valence-corrected chi connectivity index (χ1v) is 8.24. The van der Waals surface area contributed by atoms with Gasteiger partial charge in [0.2, 0.25) is 5.91 Å². The van der Waals surface area contributed by atoms with Crippen molar-refractivity contribution in [2.45, 2.75) is 25.3 Å². The molecular formula is C13H15N3O5S. The van der Waals surface area contributed by atoms with Crippen molar-refractivity contribution in [1.29, 1.82) is 0 Å². The first kappa shape index (κ1) is 14.6. The van der Waals surface area contributed by atoms with Crippen LogP contribution in [0.15, 0.2) is 18.2 Å². The minimum atomic E-state index is -3.94. The largest absolute Gasteiger partial charge is 0.506 e. The van der Waals surface area contributed by atoms with Crippen molar-refractivity contribution in [2.24, 2.45) is 0 Å². The second kappa shape index (κ2) is 5.16. The lowest BCUT2D eigenvalue weighted by molar-refractivity contribution is -0.119. The summed E-state index contributed by atoms with van der Waals surface area (Å²) in [5.41, 5.74) is 0.835. The number of amides is 2. The summed E-state index contributed by atoms with van der Waals surface area (Å²) in [6.07, 6.45) is 1.79. The van der Waals surface area contributed by atoms with E-state index < -0.39 is 16.1 Å². The Morgan fingerprint density at radius 2 is 2.05 bits per heavy atom. The summed E-state index contributed by atoms with van der Waals surface area (Å²) in [6, 6.07) is 4.62. The van der Waals surface area contributed by atoms with E-state index in [0.29, 0.717) is 12.8 Å². The van der Waals surface area contributed by atoms with Crippen LogP contribution in [0.1, 0.15) is 18.4 Å². The molecule has 2 fully saturated rings. The maximum absolute atomic E-state index is 11.8. The number of carbonyl (C=O) groups excluding carboxylic acids is 2. The number of carbonyl (C=O) groups is 2. The molecule has 8 nitrogen and oxygen atoms in total. The van der Waals surface area contributed by atoms with E-state index >= 15 is 0 Å². The number of phenolic OH excluding ortho intramolecular Hbond substituents is 1. The molecule has 118 valence electrons. The zero-order valence-corrected chi connectivity index (χ0v) is 12.4. The smallest absolute Gasteiger partial charge is 0.326 e. The second-order valence-electron chi connectivity index (χ2n) is 5.37. The zero-order chi connectivity index (χ0) is 15.9. The molecule has 0 aromatic heterocycles. The average Bonchev–Trinajstić information content (AvgIpc) is 2.92. The van der Waals surface area contributed by atoms with E-state index in [1.54, 1.807) is 6.07 Å². The normalized spacial score (nSPS) is 23.5. The molecule has 1 aromatic rings. The molecule has 1 atom stereocenters. The number of phenols is 1. The van der Waals surface area contributed by atoms with E-state index in [9.17, 15) is 23.1 Å². The van der Waals surface area contributed by atoms with Crippen molar-refractivity contribution in [1.82, 2.24) is 10.0 Å². The number of nitrogens with one attached hydrogen (secondary N) is 2. The number of benzene rings is 1. The van der Waals surface area contributed by atoms with Crippen LogP contribution in [0.5, 0.6) is 5.75 Å². The quantitative estimate of drug-likeness (QED) is 0.686. The fourth-order valence-corrected chi connectivity index (χ4v) is 3.85. The van der Waals surface area contributed by atoms with Crippen LogP contribution in [-0.4, -0.2) is 37.9 Å². The molecule has 2 heterocycles. The van der Waals surface area contributed by atoms with Crippen LogP contribution in [0.2, 0.25) is 0 Å². The van der Waals surface area contributed by atoms with E-state index in [4.69, 9.17) is 0 Å². The third-order valence-electron chi connectivity index (χ3n) is 3.70. The Morgan fingerprint density at radius 3 is 2.59 bits per heavy atom. The number of anilines is 1. The topological polar surface area (TPSA) is 116 Å². The Balaban J connectivity index is 1.81. The van der Waals surface area contributed by atoms with Crippen molar-refractivity contribution < 1.29 is 23.1 Å². The molecular weight excluding hydrogens is 310 g/mol. The molecule has 0 aliphatic carbocycles. The van der Waals surface area contributed by atoms with Crippen molar-refractivity contribution >= 4 is 27.7 Å². The van der Waals surface area contributed by atoms with Gasteiger partial charge in [0.25, 0.3) is 5.91 Å². The molecule has 0 radical (unpaired) electrons. The van der Waals surface area contributed by atoms with E-state index in [2.05, 4.69) is 5.32 Å². The molecule has 1 aromatic carbocycles. The summed E-state index contributed by atoms with van der Waals surface area (Å²) in [5.74, 6) is -0.849. The summed E-state index contributed by atoms with van der Waals surface area (Å²) in [7, 11) is -3.94. The van der Waals surface area contributed by atoms with Gasteiger partial charge in [-0.1, -0.05) is 6.07 Å². The van der Waals surface area contributed by atoms with Gasteiger partial charge < -0.3 is 10.4 Å². The lowest BCUT2D eigenvalue weighted by atomic mass is 10.0. The zero-order valence-electron chi connectivity index (χ0n) is 11.6. The molecule has 0 spiro atoms. The van der Waals surface area contributed by atoms with Crippen LogP contribution >= 0.6 is 0 Å². The summed E-state index contributed by atoms with van der Waals surface area (Å²) in [4.78, 5) is 22.4. The van der Waals surface area contributed by atoms with Crippen LogP contribution in [0, 0.1) is 0 Å². The van der Waals surface area contributed by atoms with Gasteiger partial charge in [-0.3, -0.25) is 9.59 Å². The summed E-state index contributed by atoms with van der Waals surface area (Å²) in [5, 5.41) is 12.9. The molecule has 22 heavy (non-hydrogen) atoms. The van der Waals surface area contributed by atoms with E-state index in [0.717, 1.165) is 16.3 Å². The second-order valence-corrected chi connectivity index (χ2v) is 6.96. The minimum Gasteiger partial charge on any atom is -0.506 e. The SMILES string of the molecule is O=C1CCC(Cc2ccc(N3CC(=O)NS3(=O)=O)c(O)c2)N1. The highest BCUT2D eigenvalue weighted by Crippen LogP contribution is 2.31. The van der Waals surface area contributed by atoms with Crippen molar-refractivity contribution in [2.75, 3.05) is 10.8 Å². The Morgan fingerprint density at radius 1 is 1.27 bits per heavy atom. The molecule has 0 saturated carbocycles. The van der Waals surface area contributed by atoms with Gasteiger partial charge in [0.1, 0.15) is 12.3 Å². The number of nitrogens with zero attached hydrogens (tertiary/aromatic N) is 1. The predicted octanol–water partition coefficient (Wildman–Crippen LogP) is -0.606. The van der Waals surface area contributed by atoms with Gasteiger partial charge in [-0.05, 0) is 30.5 Å². The van der Waals surface area contributed by atoms with Crippen LogP contribution in [0.4, 0.5) is 5.69 Å². The summed E-state index contributed by atoms with van der Waals surface area (Å²) >= 11 is 0. The first-order valence-electron chi connectivity index (χ1n) is 6.80. The maximum Gasteiger partial charge on any atom is 0.326 e. The molecule has 9 heteroatoms. The van der Waals surface area contributed by atoms with Gasteiger partial charge in [0.15, 0.2) is 0 Å². The molecule has 3 rings (SSSR count). The molecule has 2 aliphatic heterocycles.